The number of aromatic nitrogens is 1. The third-order valence-corrected chi connectivity index (χ3v) is 14.4. The molecule has 0 spiro atoms. The predicted octanol–water partition coefficient (Wildman–Crippen LogP) is 7.06. The summed E-state index contributed by atoms with van der Waals surface area (Å²) in [4.78, 5) is 72.9. The number of amides is 2. The van der Waals surface area contributed by atoms with Gasteiger partial charge in [0.25, 0.3) is 11.8 Å². The molecule has 3 aliphatic rings. The Kier molecular flexibility index (Phi) is 13.7. The zero-order chi connectivity index (χ0) is 49.0. The number of hydroxylamine groups is 3. The molecular weight excluding hydrogens is 933 g/mol. The van der Waals surface area contributed by atoms with Crippen LogP contribution in [0.3, 0.4) is 0 Å². The van der Waals surface area contributed by atoms with Crippen molar-refractivity contribution in [2.75, 3.05) is 38.8 Å². The van der Waals surface area contributed by atoms with Crippen LogP contribution in [0.4, 0.5) is 5.13 Å². The lowest BCUT2D eigenvalue weighted by Gasteiger charge is -2.50. The molecule has 3 aliphatic heterocycles. The summed E-state index contributed by atoms with van der Waals surface area (Å²) in [7, 11) is 5.42. The number of esters is 1. The fraction of sp³-hybridized carbons (Fsp3) is 0.231. The molecule has 0 aliphatic carbocycles. The Balaban J connectivity index is 1.02. The van der Waals surface area contributed by atoms with Gasteiger partial charge in [-0.3, -0.25) is 14.5 Å². The number of hydrogen-bond acceptors (Lipinski definition) is 14. The maximum absolute atomic E-state index is 14.6. The highest BCUT2D eigenvalue weighted by atomic mass is 32.2. The molecule has 5 aromatic carbocycles. The fourth-order valence-corrected chi connectivity index (χ4v) is 10.9. The fourth-order valence-electron chi connectivity index (χ4n) is 8.71. The predicted molar refractivity (Wildman–Crippen MR) is 263 cm³/mol. The van der Waals surface area contributed by atoms with Gasteiger partial charge < -0.3 is 35.2 Å². The number of fused-ring (bicyclic) bond motifs is 1. The van der Waals surface area contributed by atoms with E-state index in [9.17, 15) is 29.4 Å². The van der Waals surface area contributed by atoms with Crippen molar-refractivity contribution in [1.82, 2.24) is 15.2 Å². The van der Waals surface area contributed by atoms with Gasteiger partial charge >= 0.3 is 11.9 Å². The lowest BCUT2D eigenvalue weighted by Crippen LogP contribution is -2.71. The van der Waals surface area contributed by atoms with Gasteiger partial charge in [-0.15, -0.1) is 23.1 Å². The molecule has 6 aromatic rings. The van der Waals surface area contributed by atoms with Crippen molar-refractivity contribution in [3.05, 3.63) is 189 Å². The van der Waals surface area contributed by atoms with Crippen LogP contribution in [0.5, 0.6) is 11.5 Å². The van der Waals surface area contributed by atoms with Crippen molar-refractivity contribution < 1.29 is 53.2 Å². The summed E-state index contributed by atoms with van der Waals surface area (Å²) < 4.78 is 11.4. The first-order valence-corrected chi connectivity index (χ1v) is 24.2. The molecule has 3 atom stereocenters. The average Bonchev–Trinajstić information content (AvgIpc) is 4.01. The number of aromatic carboxylic acids is 1. The van der Waals surface area contributed by atoms with Crippen LogP contribution >= 0.6 is 23.1 Å². The Bertz CT molecular complexity index is 2870. The number of thioether (sulfide) groups is 1. The minimum absolute atomic E-state index is 0.0539. The molecule has 358 valence electrons. The van der Waals surface area contributed by atoms with E-state index >= 15 is 0 Å². The van der Waals surface area contributed by atoms with Gasteiger partial charge in [0, 0.05) is 28.7 Å². The molecule has 0 radical (unpaired) electrons. The highest BCUT2D eigenvalue weighted by molar-refractivity contribution is 8.00. The second-order valence-corrected chi connectivity index (χ2v) is 19.2. The summed E-state index contributed by atoms with van der Waals surface area (Å²) in [5.41, 5.74) is 3.20. The van der Waals surface area contributed by atoms with Gasteiger partial charge in [-0.05, 0) is 46.5 Å². The first-order chi connectivity index (χ1) is 33.8. The van der Waals surface area contributed by atoms with E-state index in [1.807, 2.05) is 105 Å². The number of nitrogens with one attached hydrogen (secondary N) is 2. The maximum Gasteiger partial charge on any atom is 0.355 e. The van der Waals surface area contributed by atoms with Crippen molar-refractivity contribution in [2.24, 2.45) is 5.16 Å². The van der Waals surface area contributed by atoms with E-state index in [0.29, 0.717) is 35.2 Å². The standard InChI is InChI=1S/C52H48N6O10S2/c1-58(2)26-25-42(68-58)39-30-69-48-44(47(61)57(48)45(39)50(64)66-28-32-19-23-38(65-3)24-20-32)54-46(60)43(56-67-29-34-22-21-33(49(62)63)27-41(34)59)40-31-70-51(53-40)55-52(35-13-7-4-8-14-35,36-15-9-5-10-16-36)37-17-11-6-12-18-37/h4-24,27,31,42,44,48H,25-26,28-30H2,1-3H3,(H3-,53,54,55,59,60,62,63)/p+1/b56-43-/t42-,44?,48?/m0/s1. The van der Waals surface area contributed by atoms with Crippen LogP contribution in [0.1, 0.15) is 50.3 Å². The lowest BCUT2D eigenvalue weighted by molar-refractivity contribution is -1.06. The van der Waals surface area contributed by atoms with Gasteiger partial charge in [-0.25, -0.2) is 14.6 Å². The van der Waals surface area contributed by atoms with Crippen LogP contribution in [0.25, 0.3) is 0 Å². The van der Waals surface area contributed by atoms with E-state index in [0.717, 1.165) is 28.3 Å². The number of anilines is 1. The number of phenols is 1. The van der Waals surface area contributed by atoms with Crippen molar-refractivity contribution in [3.63, 3.8) is 0 Å². The number of methoxy groups -OCH3 is 1. The van der Waals surface area contributed by atoms with Gasteiger partial charge in [0.2, 0.25) is 0 Å². The number of β-lactam (4-membered cyclic amide) rings is 1. The number of carbonyl (C=O) groups excluding carboxylic acids is 3. The third-order valence-electron chi connectivity index (χ3n) is 12.3. The molecule has 70 heavy (non-hydrogen) atoms. The van der Waals surface area contributed by atoms with Crippen LogP contribution in [0.15, 0.2) is 155 Å². The average molecular weight is 982 g/mol. The van der Waals surface area contributed by atoms with Crippen LogP contribution in [0.2, 0.25) is 0 Å². The zero-order valence-electron chi connectivity index (χ0n) is 38.3. The Morgan fingerprint density at radius 1 is 0.900 bits per heavy atom. The second kappa shape index (κ2) is 20.2. The molecule has 4 N–H and O–H groups in total. The topological polar surface area (TPSA) is 198 Å². The molecule has 0 bridgehead atoms. The SMILES string of the molecule is COc1ccc(COC(=O)C2=C([C@@H]3CC[N+](C)(C)O3)CSC3C(NC(=O)/C(=N\OCc4ccc(C(=O)O)cc4O)c4csc(NC(c5ccccc5)(c5ccccc5)c5ccccc5)n4)C(=O)N23)cc1. The van der Waals surface area contributed by atoms with Crippen LogP contribution in [-0.2, 0) is 47.5 Å². The first-order valence-electron chi connectivity index (χ1n) is 22.3. The van der Waals surface area contributed by atoms with Crippen molar-refractivity contribution >= 4 is 57.7 Å². The van der Waals surface area contributed by atoms with E-state index in [-0.39, 0.29) is 51.8 Å². The van der Waals surface area contributed by atoms with Gasteiger partial charge in [-0.1, -0.05) is 114 Å². The lowest BCUT2D eigenvalue weighted by atomic mass is 9.77. The van der Waals surface area contributed by atoms with Crippen LogP contribution in [0, 0.1) is 0 Å². The largest absolute Gasteiger partial charge is 0.508 e. The number of oxime groups is 1. The molecule has 2 amide bonds. The van der Waals surface area contributed by atoms with Crippen molar-refractivity contribution in [3.8, 4) is 11.5 Å². The summed E-state index contributed by atoms with van der Waals surface area (Å²) >= 11 is 2.62. The molecule has 1 aromatic heterocycles. The number of phenolic OH excluding ortho intramolecular Hbond substituents is 1. The molecule has 4 heterocycles. The first kappa shape index (κ1) is 47.6. The summed E-state index contributed by atoms with van der Waals surface area (Å²) in [5.74, 6) is -2.59. The van der Waals surface area contributed by atoms with E-state index in [2.05, 4.69) is 15.8 Å². The van der Waals surface area contributed by atoms with Crippen LogP contribution in [-0.4, -0.2) is 105 Å². The highest BCUT2D eigenvalue weighted by Crippen LogP contribution is 2.44. The Hall–Kier alpha value is -7.51. The number of carboxylic acid groups (broad SMARTS) is 1. The molecule has 0 saturated carbocycles. The molecule has 18 heteroatoms. The Morgan fingerprint density at radius 2 is 1.54 bits per heavy atom. The number of rotatable bonds is 17. The number of carboxylic acids is 1. The van der Waals surface area contributed by atoms with Gasteiger partial charge in [-0.2, -0.15) is 9.48 Å². The van der Waals surface area contributed by atoms with Gasteiger partial charge in [0.1, 0.15) is 65.7 Å². The molecule has 2 fully saturated rings. The number of hydrogen-bond donors (Lipinski definition) is 4. The number of nitrogens with zero attached hydrogens (tertiary/aromatic N) is 4. The van der Waals surface area contributed by atoms with E-state index in [1.165, 1.54) is 40.1 Å². The van der Waals surface area contributed by atoms with Crippen molar-refractivity contribution in [2.45, 2.75) is 42.7 Å². The quantitative estimate of drug-likeness (QED) is 0.0181. The number of ether oxygens (including phenoxy) is 2. The number of carbonyl (C=O) groups is 4. The second-order valence-electron chi connectivity index (χ2n) is 17.2. The molecule has 9 rings (SSSR count). The Labute approximate surface area is 411 Å². The number of benzene rings is 5. The summed E-state index contributed by atoms with van der Waals surface area (Å²) in [6.45, 7) is 0.293. The summed E-state index contributed by atoms with van der Waals surface area (Å²) in [6.07, 6.45) is 0.181. The molecule has 2 unspecified atom stereocenters. The van der Waals surface area contributed by atoms with E-state index < -0.39 is 46.8 Å². The monoisotopic (exact) mass is 981 g/mol. The normalized spacial score (nSPS) is 18.6. The minimum atomic E-state index is -1.22. The van der Waals surface area contributed by atoms with E-state index in [1.54, 1.807) is 36.8 Å². The van der Waals surface area contributed by atoms with E-state index in [4.69, 9.17) is 24.1 Å². The highest BCUT2D eigenvalue weighted by Gasteiger charge is 2.56. The Morgan fingerprint density at radius 3 is 2.11 bits per heavy atom. The minimum Gasteiger partial charge on any atom is -0.508 e. The number of aromatic hydroxyl groups is 1. The van der Waals surface area contributed by atoms with Crippen LogP contribution < -0.4 is 15.4 Å². The number of quaternary nitrogens is 1. The molecule has 2 saturated heterocycles. The van der Waals surface area contributed by atoms with Gasteiger partial charge in [0.15, 0.2) is 10.8 Å². The molecular formula is C52H49N6O10S2+. The molecule has 16 nitrogen and oxygen atoms in total. The van der Waals surface area contributed by atoms with Crippen molar-refractivity contribution in [1.29, 1.82) is 0 Å². The summed E-state index contributed by atoms with van der Waals surface area (Å²) in [6, 6.07) is 39.6. The van der Waals surface area contributed by atoms with Gasteiger partial charge in [0.05, 0.1) is 26.8 Å². The third kappa shape index (κ3) is 9.71. The smallest absolute Gasteiger partial charge is 0.355 e. The maximum atomic E-state index is 14.6. The number of thiazole rings is 1. The summed E-state index contributed by atoms with van der Waals surface area (Å²) in [5, 5.41) is 32.2. The zero-order valence-corrected chi connectivity index (χ0v) is 39.9.